The number of ether oxygens (including phenoxy) is 1. The number of amides is 1. The Hall–Kier alpha value is -1.54. The van der Waals surface area contributed by atoms with Gasteiger partial charge in [0, 0.05) is 33.0 Å². The molecule has 0 heterocycles. The van der Waals surface area contributed by atoms with Gasteiger partial charge in [-0.25, -0.2) is 0 Å². The molecule has 0 saturated heterocycles. The van der Waals surface area contributed by atoms with Crippen molar-refractivity contribution in [2.45, 2.75) is 20.3 Å². The van der Waals surface area contributed by atoms with Crippen LogP contribution in [0.3, 0.4) is 0 Å². The molecule has 5 heteroatoms. The van der Waals surface area contributed by atoms with Crippen LogP contribution in [0.15, 0.2) is 11.8 Å². The van der Waals surface area contributed by atoms with E-state index in [2.05, 4.69) is 24.5 Å². The fourth-order valence-corrected chi connectivity index (χ4v) is 1.06. The molecule has 0 aromatic heterocycles. The molecule has 0 unspecified atom stereocenters. The zero-order valence-corrected chi connectivity index (χ0v) is 10.7. The van der Waals surface area contributed by atoms with Crippen LogP contribution in [-0.2, 0) is 9.53 Å². The molecule has 5 nitrogen and oxygen atoms in total. The zero-order chi connectivity index (χ0) is 13.1. The first-order valence-electron chi connectivity index (χ1n) is 5.72. The van der Waals surface area contributed by atoms with Gasteiger partial charge in [-0.05, 0) is 12.3 Å². The van der Waals surface area contributed by atoms with E-state index in [4.69, 9.17) is 10.00 Å². The molecule has 0 aromatic rings. The standard InChI is InChI=1S/C12H21N3O2/c1-10(2)8-14-9-11(7-13)12(16)15-5-4-6-17-3/h9-10,14H,4-6,8H2,1-3H3,(H,15,16)/b11-9-. The first-order chi connectivity index (χ1) is 8.11. The summed E-state index contributed by atoms with van der Waals surface area (Å²) in [6.07, 6.45) is 2.20. The van der Waals surface area contributed by atoms with Crippen LogP contribution < -0.4 is 10.6 Å². The molecule has 0 radical (unpaired) electrons. The van der Waals surface area contributed by atoms with E-state index in [9.17, 15) is 4.79 Å². The number of methoxy groups -OCH3 is 1. The second-order valence-electron chi connectivity index (χ2n) is 4.07. The van der Waals surface area contributed by atoms with Crippen LogP contribution in [0.25, 0.3) is 0 Å². The quantitative estimate of drug-likeness (QED) is 0.373. The monoisotopic (exact) mass is 239 g/mol. The molecule has 1 amide bonds. The third-order valence-corrected chi connectivity index (χ3v) is 1.95. The Kier molecular flexibility index (Phi) is 8.79. The molecule has 17 heavy (non-hydrogen) atoms. The van der Waals surface area contributed by atoms with E-state index in [0.29, 0.717) is 19.1 Å². The van der Waals surface area contributed by atoms with E-state index >= 15 is 0 Å². The molecule has 0 aliphatic carbocycles. The molecule has 0 bridgehead atoms. The smallest absolute Gasteiger partial charge is 0.263 e. The van der Waals surface area contributed by atoms with E-state index < -0.39 is 0 Å². The predicted octanol–water partition coefficient (Wildman–Crippen LogP) is 0.792. The number of rotatable bonds is 8. The summed E-state index contributed by atoms with van der Waals surface area (Å²) in [7, 11) is 1.61. The molecule has 0 aliphatic rings. The maximum absolute atomic E-state index is 11.5. The van der Waals surface area contributed by atoms with E-state index in [1.807, 2.05) is 6.07 Å². The summed E-state index contributed by atoms with van der Waals surface area (Å²) in [6, 6.07) is 1.87. The van der Waals surface area contributed by atoms with Crippen molar-refractivity contribution >= 4 is 5.91 Å². The maximum Gasteiger partial charge on any atom is 0.263 e. The Morgan fingerprint density at radius 2 is 2.24 bits per heavy atom. The summed E-state index contributed by atoms with van der Waals surface area (Å²) in [5.74, 6) is 0.121. The minimum Gasteiger partial charge on any atom is -0.389 e. The second-order valence-corrected chi connectivity index (χ2v) is 4.07. The molecule has 96 valence electrons. The number of carbonyl (C=O) groups is 1. The van der Waals surface area contributed by atoms with Crippen LogP contribution in [0.2, 0.25) is 0 Å². The number of carbonyl (C=O) groups excluding carboxylic acids is 1. The molecular weight excluding hydrogens is 218 g/mol. The van der Waals surface area contributed by atoms with Crippen LogP contribution in [-0.4, -0.2) is 32.7 Å². The lowest BCUT2D eigenvalue weighted by Gasteiger charge is -2.06. The summed E-state index contributed by atoms with van der Waals surface area (Å²) in [5.41, 5.74) is 0.100. The SMILES string of the molecule is COCCCNC(=O)/C(C#N)=C\NCC(C)C. The highest BCUT2D eigenvalue weighted by Gasteiger charge is 2.07. The second kappa shape index (κ2) is 9.67. The lowest BCUT2D eigenvalue weighted by atomic mass is 10.2. The lowest BCUT2D eigenvalue weighted by Crippen LogP contribution is -2.27. The number of nitriles is 1. The number of hydrogen-bond donors (Lipinski definition) is 2. The average molecular weight is 239 g/mol. The van der Waals surface area contributed by atoms with Crippen molar-refractivity contribution in [3.63, 3.8) is 0 Å². The number of nitrogens with zero attached hydrogens (tertiary/aromatic N) is 1. The van der Waals surface area contributed by atoms with Gasteiger partial charge in [-0.3, -0.25) is 4.79 Å². The van der Waals surface area contributed by atoms with Gasteiger partial charge in [-0.2, -0.15) is 5.26 Å². The molecule has 0 spiro atoms. The summed E-state index contributed by atoms with van der Waals surface area (Å²) in [6.45, 7) is 5.95. The number of hydrogen-bond acceptors (Lipinski definition) is 4. The molecule has 0 fully saturated rings. The van der Waals surface area contributed by atoms with Crippen molar-refractivity contribution in [1.82, 2.24) is 10.6 Å². The molecular formula is C12H21N3O2. The van der Waals surface area contributed by atoms with Crippen LogP contribution in [0.4, 0.5) is 0 Å². The van der Waals surface area contributed by atoms with Crippen molar-refractivity contribution in [3.05, 3.63) is 11.8 Å². The van der Waals surface area contributed by atoms with Gasteiger partial charge >= 0.3 is 0 Å². The Morgan fingerprint density at radius 3 is 2.76 bits per heavy atom. The molecule has 0 atom stereocenters. The fourth-order valence-electron chi connectivity index (χ4n) is 1.06. The first kappa shape index (κ1) is 15.5. The van der Waals surface area contributed by atoms with Crippen LogP contribution in [0.1, 0.15) is 20.3 Å². The third-order valence-electron chi connectivity index (χ3n) is 1.95. The third kappa shape index (κ3) is 8.29. The summed E-state index contributed by atoms with van der Waals surface area (Å²) in [4.78, 5) is 11.5. The Labute approximate surface area is 103 Å². The van der Waals surface area contributed by atoms with E-state index in [1.54, 1.807) is 7.11 Å². The molecule has 0 aliphatic heterocycles. The van der Waals surface area contributed by atoms with Gasteiger partial charge in [0.05, 0.1) is 0 Å². The van der Waals surface area contributed by atoms with Gasteiger partial charge in [0.25, 0.3) is 5.91 Å². The van der Waals surface area contributed by atoms with E-state index in [1.165, 1.54) is 6.20 Å². The van der Waals surface area contributed by atoms with Crippen LogP contribution >= 0.6 is 0 Å². The molecule has 0 rings (SSSR count). The molecule has 0 aromatic carbocycles. The minimum absolute atomic E-state index is 0.100. The van der Waals surface area contributed by atoms with E-state index in [0.717, 1.165) is 13.0 Å². The summed E-state index contributed by atoms with van der Waals surface area (Å²) in [5, 5.41) is 14.4. The van der Waals surface area contributed by atoms with Gasteiger partial charge in [-0.1, -0.05) is 13.8 Å². The van der Waals surface area contributed by atoms with Crippen molar-refractivity contribution < 1.29 is 9.53 Å². The van der Waals surface area contributed by atoms with Gasteiger partial charge in [-0.15, -0.1) is 0 Å². The maximum atomic E-state index is 11.5. The summed E-state index contributed by atoms with van der Waals surface area (Å²) >= 11 is 0. The minimum atomic E-state index is -0.347. The van der Waals surface area contributed by atoms with Gasteiger partial charge in [0.1, 0.15) is 11.6 Å². The average Bonchev–Trinajstić information content (AvgIpc) is 2.29. The highest BCUT2D eigenvalue weighted by Crippen LogP contribution is 1.93. The highest BCUT2D eigenvalue weighted by atomic mass is 16.5. The molecule has 0 saturated carbocycles. The Morgan fingerprint density at radius 1 is 1.53 bits per heavy atom. The molecule has 2 N–H and O–H groups in total. The van der Waals surface area contributed by atoms with Crippen molar-refractivity contribution in [1.29, 1.82) is 5.26 Å². The van der Waals surface area contributed by atoms with Crippen molar-refractivity contribution in [3.8, 4) is 6.07 Å². The lowest BCUT2D eigenvalue weighted by molar-refractivity contribution is -0.117. The Bertz CT molecular complexity index is 293. The fraction of sp³-hybridized carbons (Fsp3) is 0.667. The van der Waals surface area contributed by atoms with E-state index in [-0.39, 0.29) is 11.5 Å². The normalized spacial score (nSPS) is 11.1. The zero-order valence-electron chi connectivity index (χ0n) is 10.7. The topological polar surface area (TPSA) is 74.1 Å². The van der Waals surface area contributed by atoms with Crippen molar-refractivity contribution in [2.24, 2.45) is 5.92 Å². The van der Waals surface area contributed by atoms with Crippen molar-refractivity contribution in [2.75, 3.05) is 26.8 Å². The largest absolute Gasteiger partial charge is 0.389 e. The van der Waals surface area contributed by atoms with Gasteiger partial charge in [0.2, 0.25) is 0 Å². The Balaban J connectivity index is 4.00. The van der Waals surface area contributed by atoms with Crippen LogP contribution in [0.5, 0.6) is 0 Å². The predicted molar refractivity (Wildman–Crippen MR) is 66.0 cm³/mol. The number of nitrogens with one attached hydrogen (secondary N) is 2. The highest BCUT2D eigenvalue weighted by molar-refractivity contribution is 5.97. The summed E-state index contributed by atoms with van der Waals surface area (Å²) < 4.78 is 4.86. The first-order valence-corrected chi connectivity index (χ1v) is 5.72. The van der Waals surface area contributed by atoms with Gasteiger partial charge in [0.15, 0.2) is 0 Å². The van der Waals surface area contributed by atoms with Crippen LogP contribution in [0, 0.1) is 17.2 Å². The van der Waals surface area contributed by atoms with Gasteiger partial charge < -0.3 is 15.4 Å².